The third-order valence-corrected chi connectivity index (χ3v) is 4.18. The summed E-state index contributed by atoms with van der Waals surface area (Å²) in [5.74, 6) is 0.186. The summed E-state index contributed by atoms with van der Waals surface area (Å²) in [5.41, 5.74) is 1.33. The van der Waals surface area contributed by atoms with Crippen molar-refractivity contribution in [2.24, 2.45) is 0 Å². The molecule has 1 atom stereocenters. The van der Waals surface area contributed by atoms with Crippen LogP contribution in [0, 0.1) is 11.3 Å². The van der Waals surface area contributed by atoms with Crippen LogP contribution in [0.5, 0.6) is 0 Å². The predicted molar refractivity (Wildman–Crippen MR) is 82.5 cm³/mol. The fraction of sp³-hybridized carbons (Fsp3) is 0.529. The average molecular weight is 285 g/mol. The van der Waals surface area contributed by atoms with Crippen molar-refractivity contribution >= 4 is 5.91 Å². The number of carbonyl (C=O) groups is 1. The molecule has 1 unspecified atom stereocenters. The Labute approximate surface area is 126 Å². The van der Waals surface area contributed by atoms with Gasteiger partial charge in [0.2, 0.25) is 5.91 Å². The summed E-state index contributed by atoms with van der Waals surface area (Å²) >= 11 is 0. The van der Waals surface area contributed by atoms with E-state index in [0.29, 0.717) is 12.1 Å². The van der Waals surface area contributed by atoms with Gasteiger partial charge in [0.15, 0.2) is 0 Å². The normalized spacial score (nSPS) is 21.0. The first-order valence-electron chi connectivity index (χ1n) is 7.61. The predicted octanol–water partition coefficient (Wildman–Crippen LogP) is 2.44. The van der Waals surface area contributed by atoms with Crippen LogP contribution >= 0.6 is 0 Å². The molecule has 1 saturated heterocycles. The van der Waals surface area contributed by atoms with Crippen molar-refractivity contribution in [3.63, 3.8) is 0 Å². The molecule has 0 aliphatic carbocycles. The van der Waals surface area contributed by atoms with Gasteiger partial charge in [-0.05, 0) is 43.5 Å². The van der Waals surface area contributed by atoms with E-state index in [-0.39, 0.29) is 11.4 Å². The van der Waals surface area contributed by atoms with Crippen molar-refractivity contribution in [1.82, 2.24) is 10.2 Å². The molecular weight excluding hydrogens is 262 g/mol. The van der Waals surface area contributed by atoms with E-state index < -0.39 is 0 Å². The lowest BCUT2D eigenvalue weighted by atomic mass is 9.90. The van der Waals surface area contributed by atoms with Crippen molar-refractivity contribution in [2.75, 3.05) is 13.6 Å². The van der Waals surface area contributed by atoms with Crippen molar-refractivity contribution in [2.45, 2.75) is 44.7 Å². The molecule has 1 fully saturated rings. The van der Waals surface area contributed by atoms with Crippen LogP contribution in [0.25, 0.3) is 0 Å². The maximum absolute atomic E-state index is 12.8. The number of benzene rings is 1. The number of nitrogens with zero attached hydrogens (tertiary/aromatic N) is 2. The summed E-state index contributed by atoms with van der Waals surface area (Å²) in [6.07, 6.45) is 3.89. The Morgan fingerprint density at radius 1 is 1.43 bits per heavy atom. The smallest absolute Gasteiger partial charge is 0.242 e. The van der Waals surface area contributed by atoms with Gasteiger partial charge in [0, 0.05) is 13.6 Å². The average Bonchev–Trinajstić information content (AvgIpc) is 2.97. The number of hydrogen-bond donors (Lipinski definition) is 1. The second-order valence-electron chi connectivity index (χ2n) is 5.83. The third kappa shape index (κ3) is 3.43. The summed E-state index contributed by atoms with van der Waals surface area (Å²) in [7, 11) is 1.86. The molecule has 1 amide bonds. The molecule has 0 radical (unpaired) electrons. The van der Waals surface area contributed by atoms with Crippen molar-refractivity contribution in [1.29, 1.82) is 5.26 Å². The number of amides is 1. The van der Waals surface area contributed by atoms with Crippen molar-refractivity contribution in [3.05, 3.63) is 35.4 Å². The Balaban J connectivity index is 2.05. The number of hydrogen-bond acceptors (Lipinski definition) is 3. The Kier molecular flexibility index (Phi) is 4.98. The van der Waals surface area contributed by atoms with E-state index in [1.54, 1.807) is 17.0 Å². The van der Waals surface area contributed by atoms with E-state index in [1.807, 2.05) is 19.2 Å². The van der Waals surface area contributed by atoms with Gasteiger partial charge >= 0.3 is 0 Å². The van der Waals surface area contributed by atoms with Crippen LogP contribution in [0.15, 0.2) is 24.3 Å². The summed E-state index contributed by atoms with van der Waals surface area (Å²) in [5, 5.41) is 12.2. The fourth-order valence-electron chi connectivity index (χ4n) is 3.13. The molecule has 112 valence electrons. The number of nitrogens with one attached hydrogen (secondary N) is 1. The third-order valence-electron chi connectivity index (χ3n) is 4.18. The molecule has 21 heavy (non-hydrogen) atoms. The van der Waals surface area contributed by atoms with Gasteiger partial charge in [0.05, 0.1) is 17.2 Å². The summed E-state index contributed by atoms with van der Waals surface area (Å²) < 4.78 is 0. The van der Waals surface area contributed by atoms with Gasteiger partial charge in [-0.2, -0.15) is 5.26 Å². The van der Waals surface area contributed by atoms with Crippen LogP contribution in [-0.2, 0) is 11.3 Å². The molecule has 4 heteroatoms. The Hall–Kier alpha value is -1.86. The minimum atomic E-state index is -0.365. The zero-order valence-electron chi connectivity index (χ0n) is 12.9. The zero-order chi connectivity index (χ0) is 15.3. The molecule has 4 nitrogen and oxygen atoms in total. The largest absolute Gasteiger partial charge is 0.340 e. The molecule has 1 heterocycles. The van der Waals surface area contributed by atoms with Crippen LogP contribution in [0.3, 0.4) is 0 Å². The number of nitriles is 1. The molecule has 2 rings (SSSR count). The maximum atomic E-state index is 12.8. The lowest BCUT2D eigenvalue weighted by Crippen LogP contribution is -2.53. The number of carbonyl (C=O) groups excluding carboxylic acids is 1. The summed E-state index contributed by atoms with van der Waals surface area (Å²) in [4.78, 5) is 14.6. The summed E-state index contributed by atoms with van der Waals surface area (Å²) in [6, 6.07) is 9.52. The molecule has 1 aromatic rings. The Bertz CT molecular complexity index is 524. The first kappa shape index (κ1) is 15.5. The van der Waals surface area contributed by atoms with Crippen LogP contribution in [0.2, 0.25) is 0 Å². The van der Waals surface area contributed by atoms with Crippen LogP contribution in [0.4, 0.5) is 0 Å². The molecule has 0 bridgehead atoms. The maximum Gasteiger partial charge on any atom is 0.242 e. The van der Waals surface area contributed by atoms with E-state index in [9.17, 15) is 4.79 Å². The van der Waals surface area contributed by atoms with Crippen LogP contribution in [-0.4, -0.2) is 29.9 Å². The lowest BCUT2D eigenvalue weighted by Gasteiger charge is -2.32. The Morgan fingerprint density at radius 2 is 2.14 bits per heavy atom. The van der Waals surface area contributed by atoms with Gasteiger partial charge in [-0.15, -0.1) is 0 Å². The zero-order valence-corrected chi connectivity index (χ0v) is 12.9. The van der Waals surface area contributed by atoms with E-state index >= 15 is 0 Å². The van der Waals surface area contributed by atoms with E-state index in [1.165, 1.54) is 0 Å². The second kappa shape index (κ2) is 6.73. The van der Waals surface area contributed by atoms with E-state index in [2.05, 4.69) is 18.3 Å². The first-order chi connectivity index (χ1) is 10.1. The highest BCUT2D eigenvalue weighted by Crippen LogP contribution is 2.27. The number of likely N-dealkylation sites (N-methyl/N-ethyl adjacent to an activating group) is 1. The molecule has 1 aliphatic heterocycles. The van der Waals surface area contributed by atoms with Gasteiger partial charge in [-0.3, -0.25) is 4.79 Å². The SMILES string of the molecule is CCCC1(C(=O)N(C)Cc2ccc(C#N)cc2)CCCN1. The van der Waals surface area contributed by atoms with Crippen LogP contribution in [0.1, 0.15) is 43.7 Å². The van der Waals surface area contributed by atoms with Gasteiger partial charge in [-0.1, -0.05) is 25.5 Å². The molecule has 1 N–H and O–H groups in total. The highest BCUT2D eigenvalue weighted by molar-refractivity contribution is 5.86. The van der Waals surface area contributed by atoms with Crippen molar-refractivity contribution < 1.29 is 4.79 Å². The lowest BCUT2D eigenvalue weighted by molar-refractivity contribution is -0.137. The highest BCUT2D eigenvalue weighted by atomic mass is 16.2. The van der Waals surface area contributed by atoms with Gasteiger partial charge in [0.1, 0.15) is 0 Å². The van der Waals surface area contributed by atoms with Gasteiger partial charge < -0.3 is 10.2 Å². The number of rotatable bonds is 5. The first-order valence-corrected chi connectivity index (χ1v) is 7.61. The molecule has 1 aromatic carbocycles. The summed E-state index contributed by atoms with van der Waals surface area (Å²) in [6.45, 7) is 3.63. The molecule has 1 aliphatic rings. The highest BCUT2D eigenvalue weighted by Gasteiger charge is 2.41. The minimum absolute atomic E-state index is 0.186. The molecule has 0 aromatic heterocycles. The van der Waals surface area contributed by atoms with Crippen molar-refractivity contribution in [3.8, 4) is 6.07 Å². The standard InChI is InChI=1S/C17H23N3O/c1-3-9-17(10-4-11-19-17)16(21)20(2)13-15-7-5-14(12-18)6-8-15/h5-8,19H,3-4,9-11,13H2,1-2H3. The topological polar surface area (TPSA) is 56.1 Å². The monoisotopic (exact) mass is 285 g/mol. The van der Waals surface area contributed by atoms with E-state index in [4.69, 9.17) is 5.26 Å². The minimum Gasteiger partial charge on any atom is -0.340 e. The fourth-order valence-corrected chi connectivity index (χ4v) is 3.13. The Morgan fingerprint density at radius 3 is 2.67 bits per heavy atom. The van der Waals surface area contributed by atoms with Gasteiger partial charge in [-0.25, -0.2) is 0 Å². The van der Waals surface area contributed by atoms with E-state index in [0.717, 1.165) is 37.8 Å². The molecule has 0 spiro atoms. The van der Waals surface area contributed by atoms with Crippen LogP contribution < -0.4 is 5.32 Å². The molecular formula is C17H23N3O. The second-order valence-corrected chi connectivity index (χ2v) is 5.83. The van der Waals surface area contributed by atoms with Gasteiger partial charge in [0.25, 0.3) is 0 Å². The quantitative estimate of drug-likeness (QED) is 0.904. The molecule has 0 saturated carbocycles.